The molecule has 0 fully saturated rings. The first-order valence-corrected chi connectivity index (χ1v) is 5.44. The smallest absolute Gasteiger partial charge is 0.0273 e. The first-order chi connectivity index (χ1) is 7.27. The molecular weight excluding hydrogens is 210 g/mol. The third kappa shape index (κ3) is 2.29. The van der Waals surface area contributed by atoms with E-state index in [4.69, 9.17) is 0 Å². The van der Waals surface area contributed by atoms with Crippen LogP contribution in [-0.4, -0.2) is 13.7 Å². The Morgan fingerprint density at radius 1 is 0.933 bits per heavy atom. The molecule has 0 radical (unpaired) electrons. The van der Waals surface area contributed by atoms with Crippen LogP contribution in [0.5, 0.6) is 0 Å². The van der Waals surface area contributed by atoms with Crippen LogP contribution < -0.4 is 0 Å². The lowest BCUT2D eigenvalue weighted by atomic mass is 10.1. The van der Waals surface area contributed by atoms with Gasteiger partial charge in [0.2, 0.25) is 0 Å². The molecule has 0 aliphatic heterocycles. The topological polar surface area (TPSA) is 53.0 Å². The Kier molecular flexibility index (Phi) is 2.89. The molecule has 76 valence electrons. The fourth-order valence-corrected chi connectivity index (χ4v) is 1.66. The van der Waals surface area contributed by atoms with E-state index >= 15 is 0 Å². The van der Waals surface area contributed by atoms with Crippen LogP contribution in [0.15, 0.2) is 53.7 Å². The summed E-state index contributed by atoms with van der Waals surface area (Å²) < 4.78 is 21.3. The lowest BCUT2D eigenvalue weighted by molar-refractivity contribution is 0.537. The van der Waals surface area contributed by atoms with Gasteiger partial charge in [-0.3, -0.25) is 9.19 Å². The minimum atomic E-state index is -2.16. The number of rotatable bonds is 2. The Morgan fingerprint density at radius 3 is 2.00 bits per heavy atom. The summed E-state index contributed by atoms with van der Waals surface area (Å²) in [6, 6.07) is 10.5. The Bertz CT molecular complexity index is 468. The summed E-state index contributed by atoms with van der Waals surface area (Å²) >= 11 is -2.16. The zero-order valence-corrected chi connectivity index (χ0v) is 8.61. The van der Waals surface area contributed by atoms with Crippen molar-refractivity contribution >= 4 is 11.1 Å². The van der Waals surface area contributed by atoms with Crippen molar-refractivity contribution in [3.8, 4) is 11.1 Å². The molecule has 0 saturated carbocycles. The third-order valence-electron chi connectivity index (χ3n) is 2.06. The molecule has 0 saturated heterocycles. The maximum atomic E-state index is 10.6. The highest BCUT2D eigenvalue weighted by Crippen LogP contribution is 2.19. The predicted octanol–water partition coefficient (Wildman–Crippen LogP) is 1.99. The number of pyridine rings is 1. The predicted molar refractivity (Wildman–Crippen MR) is 56.9 cm³/mol. The molecule has 0 spiro atoms. The maximum Gasteiger partial charge on any atom is 0.0273 e. The van der Waals surface area contributed by atoms with E-state index in [1.54, 1.807) is 36.7 Å². The molecule has 1 aromatic heterocycles. The molecule has 0 amide bonds. The highest BCUT2D eigenvalue weighted by atomic mass is 32.2. The van der Waals surface area contributed by atoms with Crippen LogP contribution >= 0.6 is 0 Å². The highest BCUT2D eigenvalue weighted by Gasteiger charge is 1.97. The lowest BCUT2D eigenvalue weighted by Gasteiger charge is -2.06. The van der Waals surface area contributed by atoms with Crippen LogP contribution in [0.1, 0.15) is 0 Å². The van der Waals surface area contributed by atoms with Crippen LogP contribution in [-0.2, 0) is 11.1 Å². The molecule has 1 heterocycles. The molecule has 0 aliphatic rings. The molecule has 2 rings (SSSR count). The van der Waals surface area contributed by atoms with Gasteiger partial charge in [-0.1, -0.05) is 12.1 Å². The van der Waals surface area contributed by atoms with Gasteiger partial charge in [0.05, 0.1) is 0 Å². The summed E-state index contributed by atoms with van der Waals surface area (Å²) in [6.45, 7) is 0. The lowest BCUT2D eigenvalue weighted by Crippen LogP contribution is -1.88. The standard InChI is InChI=1S/C11H9NO2S/c13-15(14)11-3-1-9(2-4-11)10-5-7-12-8-6-10/h1-8H,(H,13,14)/p-1. The Balaban J connectivity index is 2.36. The molecule has 4 heteroatoms. The molecule has 15 heavy (non-hydrogen) atoms. The van der Waals surface area contributed by atoms with E-state index in [1.165, 1.54) is 0 Å². The summed E-state index contributed by atoms with van der Waals surface area (Å²) in [7, 11) is 0. The van der Waals surface area contributed by atoms with Gasteiger partial charge in [0.15, 0.2) is 0 Å². The van der Waals surface area contributed by atoms with Crippen LogP contribution in [0.2, 0.25) is 0 Å². The van der Waals surface area contributed by atoms with E-state index in [-0.39, 0.29) is 0 Å². The number of hydrogen-bond donors (Lipinski definition) is 0. The van der Waals surface area contributed by atoms with Crippen molar-refractivity contribution in [2.45, 2.75) is 4.90 Å². The molecule has 0 N–H and O–H groups in total. The fourth-order valence-electron chi connectivity index (χ4n) is 1.30. The van der Waals surface area contributed by atoms with Crippen molar-refractivity contribution in [2.24, 2.45) is 0 Å². The van der Waals surface area contributed by atoms with Gasteiger partial charge in [-0.25, -0.2) is 0 Å². The second-order valence-electron chi connectivity index (χ2n) is 2.99. The van der Waals surface area contributed by atoms with Gasteiger partial charge in [0, 0.05) is 17.3 Å². The number of benzene rings is 1. The Morgan fingerprint density at radius 2 is 1.47 bits per heavy atom. The number of aromatic nitrogens is 1. The molecule has 1 aromatic carbocycles. The van der Waals surface area contributed by atoms with Crippen molar-refractivity contribution in [3.63, 3.8) is 0 Å². The van der Waals surface area contributed by atoms with E-state index < -0.39 is 11.1 Å². The number of nitrogens with zero attached hydrogens (tertiary/aromatic N) is 1. The summed E-state index contributed by atoms with van der Waals surface area (Å²) in [5.41, 5.74) is 2.00. The van der Waals surface area contributed by atoms with Gasteiger partial charge < -0.3 is 4.55 Å². The highest BCUT2D eigenvalue weighted by molar-refractivity contribution is 7.79. The van der Waals surface area contributed by atoms with Crippen LogP contribution in [0.25, 0.3) is 11.1 Å². The van der Waals surface area contributed by atoms with Gasteiger partial charge in [-0.05, 0) is 46.5 Å². The summed E-state index contributed by atoms with van der Waals surface area (Å²) in [5, 5.41) is 0. The second-order valence-corrected chi connectivity index (χ2v) is 3.94. The zero-order chi connectivity index (χ0) is 10.7. The first kappa shape index (κ1) is 10.0. The molecule has 0 bridgehead atoms. The van der Waals surface area contributed by atoms with E-state index in [1.807, 2.05) is 12.1 Å². The van der Waals surface area contributed by atoms with Gasteiger partial charge in [0.1, 0.15) is 0 Å². The summed E-state index contributed by atoms with van der Waals surface area (Å²) in [6.07, 6.45) is 3.41. The average molecular weight is 218 g/mol. The third-order valence-corrected chi connectivity index (χ3v) is 2.72. The molecule has 2 aromatic rings. The monoisotopic (exact) mass is 218 g/mol. The van der Waals surface area contributed by atoms with Crippen molar-refractivity contribution in [3.05, 3.63) is 48.8 Å². The Hall–Kier alpha value is -1.52. The zero-order valence-electron chi connectivity index (χ0n) is 7.79. The molecule has 0 aliphatic carbocycles. The van der Waals surface area contributed by atoms with E-state index in [0.29, 0.717) is 4.90 Å². The largest absolute Gasteiger partial charge is 0.768 e. The molecule has 1 atom stereocenters. The second kappa shape index (κ2) is 4.33. The Labute approximate surface area is 90.1 Å². The SMILES string of the molecule is O=S([O-])c1ccc(-c2ccncc2)cc1. The van der Waals surface area contributed by atoms with Gasteiger partial charge >= 0.3 is 0 Å². The van der Waals surface area contributed by atoms with Crippen LogP contribution in [0.4, 0.5) is 0 Å². The molecular formula is C11H8NO2S-. The van der Waals surface area contributed by atoms with Crippen molar-refractivity contribution in [1.29, 1.82) is 0 Å². The van der Waals surface area contributed by atoms with Crippen LogP contribution in [0.3, 0.4) is 0 Å². The van der Waals surface area contributed by atoms with E-state index in [9.17, 15) is 8.76 Å². The van der Waals surface area contributed by atoms with Gasteiger partial charge in [-0.15, -0.1) is 0 Å². The van der Waals surface area contributed by atoms with Gasteiger partial charge in [-0.2, -0.15) is 0 Å². The molecule has 1 unspecified atom stereocenters. The average Bonchev–Trinajstić information content (AvgIpc) is 2.30. The molecule has 3 nitrogen and oxygen atoms in total. The number of hydrogen-bond acceptors (Lipinski definition) is 3. The summed E-state index contributed by atoms with van der Waals surface area (Å²) in [4.78, 5) is 4.22. The minimum absolute atomic E-state index is 0.299. The van der Waals surface area contributed by atoms with Gasteiger partial charge in [0.25, 0.3) is 0 Å². The van der Waals surface area contributed by atoms with Crippen molar-refractivity contribution in [2.75, 3.05) is 0 Å². The van der Waals surface area contributed by atoms with E-state index in [2.05, 4.69) is 4.98 Å². The first-order valence-electron chi connectivity index (χ1n) is 4.37. The van der Waals surface area contributed by atoms with Crippen LogP contribution in [0, 0.1) is 0 Å². The van der Waals surface area contributed by atoms with Crippen molar-refractivity contribution in [1.82, 2.24) is 4.98 Å². The fraction of sp³-hybridized carbons (Fsp3) is 0. The normalized spacial score (nSPS) is 12.3. The maximum absolute atomic E-state index is 10.6. The van der Waals surface area contributed by atoms with Crippen molar-refractivity contribution < 1.29 is 8.76 Å². The quantitative estimate of drug-likeness (QED) is 0.724. The van der Waals surface area contributed by atoms with E-state index in [0.717, 1.165) is 11.1 Å². The summed E-state index contributed by atoms with van der Waals surface area (Å²) in [5.74, 6) is 0. The minimum Gasteiger partial charge on any atom is -0.768 e.